The number of amides is 1. The van der Waals surface area contributed by atoms with Gasteiger partial charge in [-0.25, -0.2) is 0 Å². The molecule has 18 heavy (non-hydrogen) atoms. The number of aliphatic hydroxyl groups is 1. The van der Waals surface area contributed by atoms with Crippen LogP contribution in [0.2, 0.25) is 10.0 Å². The second-order valence-corrected chi connectivity index (χ2v) is 5.66. The summed E-state index contributed by atoms with van der Waals surface area (Å²) in [6, 6.07) is 4.67. The summed E-state index contributed by atoms with van der Waals surface area (Å²) in [6.07, 6.45) is 0. The number of hydrogen-bond acceptors (Lipinski definition) is 2. The Morgan fingerprint density at radius 1 is 1.44 bits per heavy atom. The Hall–Kier alpha value is -0.770. The maximum Gasteiger partial charge on any atom is 0.252 e. The predicted molar refractivity (Wildman–Crippen MR) is 74.3 cm³/mol. The Labute approximate surface area is 117 Å². The largest absolute Gasteiger partial charge is 0.388 e. The average molecular weight is 290 g/mol. The van der Waals surface area contributed by atoms with E-state index >= 15 is 0 Å². The topological polar surface area (TPSA) is 49.3 Å². The molecule has 0 heterocycles. The number of rotatable bonds is 4. The van der Waals surface area contributed by atoms with Crippen LogP contribution in [0.15, 0.2) is 18.2 Å². The molecule has 0 spiro atoms. The van der Waals surface area contributed by atoms with Crippen molar-refractivity contribution >= 4 is 29.1 Å². The number of hydrogen-bond donors (Lipinski definition) is 2. The van der Waals surface area contributed by atoms with Crippen LogP contribution in [-0.2, 0) is 0 Å². The van der Waals surface area contributed by atoms with Gasteiger partial charge in [0.2, 0.25) is 0 Å². The van der Waals surface area contributed by atoms with Gasteiger partial charge in [0.25, 0.3) is 5.91 Å². The van der Waals surface area contributed by atoms with Gasteiger partial charge < -0.3 is 10.4 Å². The van der Waals surface area contributed by atoms with Gasteiger partial charge in [0.05, 0.1) is 16.2 Å². The molecule has 1 aromatic carbocycles. The number of carbonyl (C=O) groups is 1. The molecular weight excluding hydrogens is 273 g/mol. The summed E-state index contributed by atoms with van der Waals surface area (Å²) in [5.74, 6) is -0.281. The molecule has 0 aliphatic carbocycles. The van der Waals surface area contributed by atoms with Crippen LogP contribution in [0.25, 0.3) is 0 Å². The zero-order valence-corrected chi connectivity index (χ0v) is 12.1. The van der Waals surface area contributed by atoms with Crippen LogP contribution >= 0.6 is 23.2 Å². The highest BCUT2D eigenvalue weighted by Gasteiger charge is 2.25. The molecule has 0 aromatic heterocycles. The third-order valence-electron chi connectivity index (χ3n) is 3.03. The highest BCUT2D eigenvalue weighted by molar-refractivity contribution is 6.36. The molecule has 1 amide bonds. The summed E-state index contributed by atoms with van der Waals surface area (Å²) in [5, 5.41) is 13.5. The van der Waals surface area contributed by atoms with E-state index in [1.165, 1.54) is 6.07 Å². The van der Waals surface area contributed by atoms with Crippen LogP contribution < -0.4 is 5.32 Å². The summed E-state index contributed by atoms with van der Waals surface area (Å²) in [4.78, 5) is 11.9. The zero-order chi connectivity index (χ0) is 13.9. The van der Waals surface area contributed by atoms with Crippen LogP contribution in [0.5, 0.6) is 0 Å². The molecule has 0 saturated carbocycles. The van der Waals surface area contributed by atoms with Crippen LogP contribution in [0, 0.1) is 5.92 Å². The summed E-state index contributed by atoms with van der Waals surface area (Å²) in [7, 11) is 0. The molecule has 3 nitrogen and oxygen atoms in total. The van der Waals surface area contributed by atoms with E-state index < -0.39 is 5.60 Å². The first-order chi connectivity index (χ1) is 8.24. The van der Waals surface area contributed by atoms with Crippen LogP contribution in [0.3, 0.4) is 0 Å². The summed E-state index contributed by atoms with van der Waals surface area (Å²) < 4.78 is 0. The van der Waals surface area contributed by atoms with Gasteiger partial charge in [0.15, 0.2) is 0 Å². The Balaban J connectivity index is 2.72. The highest BCUT2D eigenvalue weighted by atomic mass is 35.5. The molecule has 100 valence electrons. The quantitative estimate of drug-likeness (QED) is 0.895. The Bertz CT molecular complexity index is 445. The molecule has 1 rings (SSSR count). The van der Waals surface area contributed by atoms with E-state index in [4.69, 9.17) is 23.2 Å². The standard InChI is InChI=1S/C13H17Cl2NO2/c1-8(2)13(3,18)7-16-12(17)10-5-4-9(14)6-11(10)15/h4-6,8,18H,7H2,1-3H3,(H,16,17). The van der Waals surface area contributed by atoms with E-state index in [2.05, 4.69) is 5.32 Å². The monoisotopic (exact) mass is 289 g/mol. The van der Waals surface area contributed by atoms with Crippen LogP contribution in [0.4, 0.5) is 0 Å². The van der Waals surface area contributed by atoms with Gasteiger partial charge in [-0.2, -0.15) is 0 Å². The first kappa shape index (κ1) is 15.3. The lowest BCUT2D eigenvalue weighted by Gasteiger charge is -2.27. The van der Waals surface area contributed by atoms with Crippen molar-refractivity contribution in [2.75, 3.05) is 6.54 Å². The lowest BCUT2D eigenvalue weighted by Crippen LogP contribution is -2.44. The molecule has 1 atom stereocenters. The fourth-order valence-corrected chi connectivity index (χ4v) is 1.73. The fraction of sp³-hybridized carbons (Fsp3) is 0.462. The molecule has 0 radical (unpaired) electrons. The summed E-state index contributed by atoms with van der Waals surface area (Å²) >= 11 is 11.7. The lowest BCUT2D eigenvalue weighted by molar-refractivity contribution is 0.0142. The molecule has 0 bridgehead atoms. The third-order valence-corrected chi connectivity index (χ3v) is 3.57. The summed E-state index contributed by atoms with van der Waals surface area (Å²) in [5.41, 5.74) is -0.602. The van der Waals surface area contributed by atoms with Gasteiger partial charge in [-0.1, -0.05) is 37.0 Å². The first-order valence-electron chi connectivity index (χ1n) is 5.69. The molecule has 5 heteroatoms. The maximum absolute atomic E-state index is 11.9. The van der Waals surface area contributed by atoms with Crippen molar-refractivity contribution in [3.63, 3.8) is 0 Å². The SMILES string of the molecule is CC(C)C(C)(O)CNC(=O)c1ccc(Cl)cc1Cl. The molecule has 0 fully saturated rings. The number of halogens is 2. The minimum atomic E-state index is -0.950. The Kier molecular flexibility index (Phi) is 5.02. The smallest absolute Gasteiger partial charge is 0.252 e. The molecule has 1 unspecified atom stereocenters. The molecule has 1 aromatic rings. The molecule has 2 N–H and O–H groups in total. The van der Waals surface area contributed by atoms with Crippen molar-refractivity contribution in [1.82, 2.24) is 5.32 Å². The second kappa shape index (κ2) is 5.91. The van der Waals surface area contributed by atoms with E-state index in [9.17, 15) is 9.90 Å². The number of carbonyl (C=O) groups excluding carboxylic acids is 1. The van der Waals surface area contributed by atoms with Crippen molar-refractivity contribution < 1.29 is 9.90 Å². The highest BCUT2D eigenvalue weighted by Crippen LogP contribution is 2.21. The fourth-order valence-electron chi connectivity index (χ4n) is 1.23. The molecule has 0 aliphatic rings. The first-order valence-corrected chi connectivity index (χ1v) is 6.45. The van der Waals surface area contributed by atoms with Crippen molar-refractivity contribution in [1.29, 1.82) is 0 Å². The zero-order valence-electron chi connectivity index (χ0n) is 10.6. The van der Waals surface area contributed by atoms with Crippen LogP contribution in [0.1, 0.15) is 31.1 Å². The van der Waals surface area contributed by atoms with E-state index in [0.717, 1.165) is 0 Å². The lowest BCUT2D eigenvalue weighted by atomic mass is 9.92. The Morgan fingerprint density at radius 2 is 2.06 bits per heavy atom. The predicted octanol–water partition coefficient (Wildman–Crippen LogP) is 3.13. The Morgan fingerprint density at radius 3 is 2.56 bits per heavy atom. The van der Waals surface area contributed by atoms with Crippen molar-refractivity contribution in [3.8, 4) is 0 Å². The normalized spacial score (nSPS) is 14.4. The average Bonchev–Trinajstić information content (AvgIpc) is 2.25. The van der Waals surface area contributed by atoms with Gasteiger partial charge in [0, 0.05) is 11.6 Å². The minimum absolute atomic E-state index is 0.0403. The second-order valence-electron chi connectivity index (χ2n) is 4.82. The van der Waals surface area contributed by atoms with Crippen LogP contribution in [-0.4, -0.2) is 23.2 Å². The van der Waals surface area contributed by atoms with Gasteiger partial charge in [-0.3, -0.25) is 4.79 Å². The van der Waals surface area contributed by atoms with E-state index in [-0.39, 0.29) is 18.4 Å². The third kappa shape index (κ3) is 3.87. The maximum atomic E-state index is 11.9. The molecular formula is C13H17Cl2NO2. The molecule has 0 saturated heterocycles. The summed E-state index contributed by atoms with van der Waals surface area (Å²) in [6.45, 7) is 5.63. The van der Waals surface area contributed by atoms with E-state index in [0.29, 0.717) is 15.6 Å². The van der Waals surface area contributed by atoms with E-state index in [1.807, 2.05) is 13.8 Å². The van der Waals surface area contributed by atoms with Gasteiger partial charge in [-0.05, 0) is 31.0 Å². The van der Waals surface area contributed by atoms with Gasteiger partial charge in [0.1, 0.15) is 0 Å². The minimum Gasteiger partial charge on any atom is -0.388 e. The number of nitrogens with one attached hydrogen (secondary N) is 1. The number of benzene rings is 1. The van der Waals surface area contributed by atoms with Crippen molar-refractivity contribution in [3.05, 3.63) is 33.8 Å². The van der Waals surface area contributed by atoms with Crippen molar-refractivity contribution in [2.24, 2.45) is 5.92 Å². The molecule has 0 aliphatic heterocycles. The van der Waals surface area contributed by atoms with E-state index in [1.54, 1.807) is 19.1 Å². The van der Waals surface area contributed by atoms with Gasteiger partial charge >= 0.3 is 0 Å². The van der Waals surface area contributed by atoms with Crippen molar-refractivity contribution in [2.45, 2.75) is 26.4 Å². The van der Waals surface area contributed by atoms with Gasteiger partial charge in [-0.15, -0.1) is 0 Å².